The molecule has 1 aliphatic rings. The van der Waals surface area contributed by atoms with Gasteiger partial charge >= 0.3 is 0 Å². The summed E-state index contributed by atoms with van der Waals surface area (Å²) in [5.74, 6) is 0. The first-order chi connectivity index (χ1) is 13.6. The second-order valence-corrected chi connectivity index (χ2v) is 11.2. The van der Waals surface area contributed by atoms with Gasteiger partial charge in [0.25, 0.3) is 0 Å². The lowest BCUT2D eigenvalue weighted by atomic mass is 9.87. The second-order valence-electron chi connectivity index (χ2n) is 9.27. The van der Waals surface area contributed by atoms with Crippen LogP contribution in [0.1, 0.15) is 45.7 Å². The van der Waals surface area contributed by atoms with Crippen LogP contribution in [0.15, 0.2) is 59.5 Å². The molecule has 29 heavy (non-hydrogen) atoms. The van der Waals surface area contributed by atoms with E-state index in [-0.39, 0.29) is 17.5 Å². The number of hydrogen-bond acceptors (Lipinski definition) is 3. The zero-order valence-electron chi connectivity index (χ0n) is 18.3. The smallest absolute Gasteiger partial charge is 0.243 e. The fourth-order valence-electron chi connectivity index (χ4n) is 4.12. The van der Waals surface area contributed by atoms with Gasteiger partial charge in [0.2, 0.25) is 10.0 Å². The molecule has 1 fully saturated rings. The summed E-state index contributed by atoms with van der Waals surface area (Å²) in [5.41, 5.74) is 2.47. The highest BCUT2D eigenvalue weighted by Gasteiger charge is 2.35. The molecule has 0 N–H and O–H groups in total. The SMILES string of the molecule is CC1CN(S(=O)(=O)c2ccc(C(C)(C)C)cc2)CC(C)N1CCc1ccccc1. The van der Waals surface area contributed by atoms with E-state index in [1.165, 1.54) is 5.56 Å². The standard InChI is InChI=1S/C24H34N2O2S/c1-19-17-25(18-20(2)26(19)16-15-21-9-7-6-8-10-21)29(27,28)23-13-11-22(12-14-23)24(3,4)5/h6-14,19-20H,15-18H2,1-5H3. The van der Waals surface area contributed by atoms with Gasteiger partial charge in [0, 0.05) is 31.7 Å². The minimum Gasteiger partial charge on any atom is -0.295 e. The summed E-state index contributed by atoms with van der Waals surface area (Å²) in [6.45, 7) is 12.7. The maximum Gasteiger partial charge on any atom is 0.243 e. The van der Waals surface area contributed by atoms with Crippen LogP contribution < -0.4 is 0 Å². The van der Waals surface area contributed by atoms with E-state index in [9.17, 15) is 8.42 Å². The average Bonchev–Trinajstić information content (AvgIpc) is 2.67. The molecule has 0 aromatic heterocycles. The second kappa shape index (κ2) is 8.58. The van der Waals surface area contributed by atoms with Crippen LogP contribution in [0.4, 0.5) is 0 Å². The van der Waals surface area contributed by atoms with E-state index in [1.807, 2.05) is 18.2 Å². The normalized spacial score (nSPS) is 22.0. The molecule has 4 nitrogen and oxygen atoms in total. The maximum absolute atomic E-state index is 13.2. The Bertz CT molecular complexity index is 890. The quantitative estimate of drug-likeness (QED) is 0.732. The van der Waals surface area contributed by atoms with Gasteiger partial charge in [-0.2, -0.15) is 4.31 Å². The fourth-order valence-corrected chi connectivity index (χ4v) is 5.73. The van der Waals surface area contributed by atoms with Crippen LogP contribution in [0.25, 0.3) is 0 Å². The Labute approximate surface area is 176 Å². The maximum atomic E-state index is 13.2. The van der Waals surface area contributed by atoms with E-state index in [1.54, 1.807) is 16.4 Å². The number of piperazine rings is 1. The molecule has 2 atom stereocenters. The lowest BCUT2D eigenvalue weighted by Gasteiger charge is -2.43. The van der Waals surface area contributed by atoms with Crippen molar-refractivity contribution >= 4 is 10.0 Å². The van der Waals surface area contributed by atoms with Crippen molar-refractivity contribution in [1.82, 2.24) is 9.21 Å². The van der Waals surface area contributed by atoms with Crippen LogP contribution in [0.2, 0.25) is 0 Å². The third kappa shape index (κ3) is 5.08. The van der Waals surface area contributed by atoms with Gasteiger partial charge in [-0.1, -0.05) is 63.2 Å². The van der Waals surface area contributed by atoms with Crippen LogP contribution in [0.3, 0.4) is 0 Å². The van der Waals surface area contributed by atoms with Gasteiger partial charge in [0.15, 0.2) is 0 Å². The molecule has 0 saturated carbocycles. The lowest BCUT2D eigenvalue weighted by Crippen LogP contribution is -2.58. The molecule has 2 unspecified atom stereocenters. The molecule has 2 aromatic rings. The summed E-state index contributed by atoms with van der Waals surface area (Å²) in [6, 6.07) is 18.2. The van der Waals surface area contributed by atoms with E-state index in [2.05, 4.69) is 63.8 Å². The van der Waals surface area contributed by atoms with Crippen molar-refractivity contribution in [3.63, 3.8) is 0 Å². The molecule has 0 radical (unpaired) electrons. The molecule has 1 aliphatic heterocycles. The number of nitrogens with zero attached hydrogens (tertiary/aromatic N) is 2. The Morgan fingerprint density at radius 1 is 0.897 bits per heavy atom. The summed E-state index contributed by atoms with van der Waals surface area (Å²) >= 11 is 0. The molecule has 0 amide bonds. The van der Waals surface area contributed by atoms with Crippen LogP contribution in [-0.2, 0) is 21.9 Å². The van der Waals surface area contributed by atoms with Crippen LogP contribution >= 0.6 is 0 Å². The number of rotatable bonds is 5. The number of sulfonamides is 1. The van der Waals surface area contributed by atoms with Gasteiger partial charge in [-0.05, 0) is 48.9 Å². The first-order valence-corrected chi connectivity index (χ1v) is 11.9. The van der Waals surface area contributed by atoms with Gasteiger partial charge in [-0.15, -0.1) is 0 Å². The van der Waals surface area contributed by atoms with Gasteiger partial charge in [-0.3, -0.25) is 4.90 Å². The van der Waals surface area contributed by atoms with Gasteiger partial charge in [-0.25, -0.2) is 8.42 Å². The summed E-state index contributed by atoms with van der Waals surface area (Å²) < 4.78 is 28.1. The van der Waals surface area contributed by atoms with Crippen molar-refractivity contribution in [2.75, 3.05) is 19.6 Å². The van der Waals surface area contributed by atoms with E-state index in [0.717, 1.165) is 18.5 Å². The molecule has 1 saturated heterocycles. The molecule has 158 valence electrons. The Kier molecular flexibility index (Phi) is 6.51. The zero-order chi connectivity index (χ0) is 21.2. The topological polar surface area (TPSA) is 40.6 Å². The van der Waals surface area contributed by atoms with E-state index < -0.39 is 10.0 Å². The van der Waals surface area contributed by atoms with Crippen molar-refractivity contribution in [1.29, 1.82) is 0 Å². The summed E-state index contributed by atoms with van der Waals surface area (Å²) in [5, 5.41) is 0. The fraction of sp³-hybridized carbons (Fsp3) is 0.500. The largest absolute Gasteiger partial charge is 0.295 e. The highest BCUT2D eigenvalue weighted by atomic mass is 32.2. The van der Waals surface area contributed by atoms with Crippen molar-refractivity contribution < 1.29 is 8.42 Å². The number of benzene rings is 2. The third-order valence-corrected chi connectivity index (χ3v) is 7.77. The molecule has 0 bridgehead atoms. The van der Waals surface area contributed by atoms with Crippen molar-refractivity contribution in [2.45, 2.75) is 63.4 Å². The zero-order valence-corrected chi connectivity index (χ0v) is 19.1. The highest BCUT2D eigenvalue weighted by Crippen LogP contribution is 2.27. The number of hydrogen-bond donors (Lipinski definition) is 0. The predicted octanol–water partition coefficient (Wildman–Crippen LogP) is 4.31. The first kappa shape index (κ1) is 22.0. The summed E-state index contributed by atoms with van der Waals surface area (Å²) in [4.78, 5) is 2.82. The third-order valence-electron chi connectivity index (χ3n) is 5.93. The van der Waals surface area contributed by atoms with Gasteiger partial charge in [0.1, 0.15) is 0 Å². The lowest BCUT2D eigenvalue weighted by molar-refractivity contribution is 0.0784. The Balaban J connectivity index is 1.69. The molecule has 0 aliphatic carbocycles. The molecule has 2 aromatic carbocycles. The van der Waals surface area contributed by atoms with E-state index in [4.69, 9.17) is 0 Å². The molecular weight excluding hydrogens is 380 g/mol. The first-order valence-electron chi connectivity index (χ1n) is 10.5. The molecular formula is C24H34N2O2S. The highest BCUT2D eigenvalue weighted by molar-refractivity contribution is 7.89. The van der Waals surface area contributed by atoms with E-state index in [0.29, 0.717) is 18.0 Å². The predicted molar refractivity (Wildman–Crippen MR) is 120 cm³/mol. The minimum absolute atomic E-state index is 0.00962. The summed E-state index contributed by atoms with van der Waals surface area (Å²) in [6.07, 6.45) is 0.983. The Hall–Kier alpha value is -1.69. The van der Waals surface area contributed by atoms with Gasteiger partial charge < -0.3 is 0 Å². The van der Waals surface area contributed by atoms with Crippen molar-refractivity contribution in [2.24, 2.45) is 0 Å². The molecule has 0 spiro atoms. The van der Waals surface area contributed by atoms with Crippen molar-refractivity contribution in [3.05, 3.63) is 65.7 Å². The van der Waals surface area contributed by atoms with Crippen LogP contribution in [0.5, 0.6) is 0 Å². The Morgan fingerprint density at radius 3 is 1.97 bits per heavy atom. The molecule has 5 heteroatoms. The van der Waals surface area contributed by atoms with E-state index >= 15 is 0 Å². The monoisotopic (exact) mass is 414 g/mol. The molecule has 3 rings (SSSR count). The summed E-state index contributed by atoms with van der Waals surface area (Å²) in [7, 11) is -3.47. The minimum atomic E-state index is -3.47. The van der Waals surface area contributed by atoms with Crippen LogP contribution in [-0.4, -0.2) is 49.3 Å². The van der Waals surface area contributed by atoms with Gasteiger partial charge in [0.05, 0.1) is 4.90 Å². The Morgan fingerprint density at radius 2 is 1.45 bits per heavy atom. The van der Waals surface area contributed by atoms with Crippen molar-refractivity contribution in [3.8, 4) is 0 Å². The van der Waals surface area contributed by atoms with Crippen LogP contribution in [0, 0.1) is 0 Å². The molecule has 1 heterocycles. The average molecular weight is 415 g/mol.